The Labute approximate surface area is 115 Å². The molecular weight excluding hydrogens is 271 g/mol. The molecule has 0 aromatic heterocycles. The first-order valence-corrected chi connectivity index (χ1v) is 6.22. The fourth-order valence-corrected chi connectivity index (χ4v) is 2.27. The summed E-state index contributed by atoms with van der Waals surface area (Å²) in [4.78, 5) is 0. The van der Waals surface area contributed by atoms with Gasteiger partial charge in [0.25, 0.3) is 0 Å². The molecule has 2 N–H and O–H groups in total. The normalized spacial score (nSPS) is 14.2. The largest absolute Gasteiger partial charge is 0.385 e. The summed E-state index contributed by atoms with van der Waals surface area (Å²) < 4.78 is 0. The quantitative estimate of drug-likeness (QED) is 0.900. The molecule has 2 aromatic rings. The molecule has 2 atom stereocenters. The van der Waals surface area contributed by atoms with Gasteiger partial charge < -0.3 is 10.2 Å². The summed E-state index contributed by atoms with van der Waals surface area (Å²) in [7, 11) is 0. The monoisotopic (exact) mass is 282 g/mol. The standard InChI is InChI=1S/C14H12Cl2O2/c15-11-7-3-1-5-9(11)13(17)14(18)10-6-2-4-8-12(10)16/h1-8,13-14,17-18H/t13-,14-/m0/s1. The maximum absolute atomic E-state index is 10.2. The van der Waals surface area contributed by atoms with Crippen LogP contribution in [0.2, 0.25) is 10.0 Å². The van der Waals surface area contributed by atoms with E-state index in [-0.39, 0.29) is 0 Å². The fourth-order valence-electron chi connectivity index (χ4n) is 1.77. The highest BCUT2D eigenvalue weighted by molar-refractivity contribution is 6.31. The van der Waals surface area contributed by atoms with Crippen molar-refractivity contribution in [2.24, 2.45) is 0 Å². The predicted octanol–water partition coefficient (Wildman–Crippen LogP) is 3.76. The van der Waals surface area contributed by atoms with E-state index < -0.39 is 12.2 Å². The molecule has 2 nitrogen and oxygen atoms in total. The molecule has 0 spiro atoms. The fraction of sp³-hybridized carbons (Fsp3) is 0.143. The maximum atomic E-state index is 10.2. The topological polar surface area (TPSA) is 40.5 Å². The zero-order valence-electron chi connectivity index (χ0n) is 9.42. The second-order valence-electron chi connectivity index (χ2n) is 3.93. The van der Waals surface area contributed by atoms with Crippen molar-refractivity contribution in [3.63, 3.8) is 0 Å². The Bertz CT molecular complexity index is 493. The van der Waals surface area contributed by atoms with E-state index in [0.29, 0.717) is 21.2 Å². The molecule has 94 valence electrons. The van der Waals surface area contributed by atoms with E-state index in [9.17, 15) is 10.2 Å². The van der Waals surface area contributed by atoms with Gasteiger partial charge in [0.05, 0.1) is 0 Å². The van der Waals surface area contributed by atoms with Gasteiger partial charge in [-0.25, -0.2) is 0 Å². The molecule has 0 aliphatic heterocycles. The van der Waals surface area contributed by atoms with Crippen LogP contribution in [0.25, 0.3) is 0 Å². The number of aliphatic hydroxyl groups excluding tert-OH is 2. The molecule has 0 radical (unpaired) electrons. The Balaban J connectivity index is 2.33. The van der Waals surface area contributed by atoms with Crippen LogP contribution in [0.4, 0.5) is 0 Å². The predicted molar refractivity (Wildman–Crippen MR) is 72.8 cm³/mol. The second kappa shape index (κ2) is 5.72. The molecule has 2 rings (SSSR count). The number of rotatable bonds is 3. The van der Waals surface area contributed by atoms with Crippen LogP contribution in [0.3, 0.4) is 0 Å². The van der Waals surface area contributed by atoms with E-state index in [4.69, 9.17) is 23.2 Å². The lowest BCUT2D eigenvalue weighted by atomic mass is 9.98. The third-order valence-corrected chi connectivity index (χ3v) is 3.44. The first kappa shape index (κ1) is 13.4. The highest BCUT2D eigenvalue weighted by Gasteiger charge is 2.23. The van der Waals surface area contributed by atoms with Crippen molar-refractivity contribution in [1.82, 2.24) is 0 Å². The van der Waals surface area contributed by atoms with Crippen molar-refractivity contribution in [1.29, 1.82) is 0 Å². The number of aliphatic hydroxyl groups is 2. The number of hydrogen-bond acceptors (Lipinski definition) is 2. The van der Waals surface area contributed by atoms with Crippen molar-refractivity contribution < 1.29 is 10.2 Å². The summed E-state index contributed by atoms with van der Waals surface area (Å²) in [5, 5.41) is 21.1. The minimum atomic E-state index is -1.11. The van der Waals surface area contributed by atoms with Gasteiger partial charge in [-0.2, -0.15) is 0 Å². The van der Waals surface area contributed by atoms with Crippen LogP contribution >= 0.6 is 23.2 Å². The minimum absolute atomic E-state index is 0.413. The van der Waals surface area contributed by atoms with Crippen LogP contribution < -0.4 is 0 Å². The van der Waals surface area contributed by atoms with Gasteiger partial charge in [0.2, 0.25) is 0 Å². The zero-order chi connectivity index (χ0) is 13.1. The summed E-state index contributed by atoms with van der Waals surface area (Å²) in [6.45, 7) is 0. The Morgan fingerprint density at radius 1 is 0.667 bits per heavy atom. The van der Waals surface area contributed by atoms with Gasteiger partial charge in [0.15, 0.2) is 0 Å². The molecule has 0 saturated heterocycles. The first-order chi connectivity index (χ1) is 8.61. The van der Waals surface area contributed by atoms with Crippen LogP contribution in [0.1, 0.15) is 23.3 Å². The SMILES string of the molecule is O[C@@H](c1ccccc1Cl)[C@@H](O)c1ccccc1Cl. The van der Waals surface area contributed by atoms with Gasteiger partial charge in [0.1, 0.15) is 12.2 Å². The van der Waals surface area contributed by atoms with Crippen molar-refractivity contribution in [3.05, 3.63) is 69.7 Å². The average Bonchev–Trinajstić information content (AvgIpc) is 2.38. The van der Waals surface area contributed by atoms with Crippen LogP contribution in [0.5, 0.6) is 0 Å². The third-order valence-electron chi connectivity index (χ3n) is 2.75. The van der Waals surface area contributed by atoms with Gasteiger partial charge in [-0.3, -0.25) is 0 Å². The Morgan fingerprint density at radius 3 is 1.33 bits per heavy atom. The Hall–Kier alpha value is -1.06. The van der Waals surface area contributed by atoms with Gasteiger partial charge in [0, 0.05) is 21.2 Å². The van der Waals surface area contributed by atoms with Gasteiger partial charge >= 0.3 is 0 Å². The molecule has 0 saturated carbocycles. The van der Waals surface area contributed by atoms with Crippen LogP contribution in [0, 0.1) is 0 Å². The molecule has 0 fully saturated rings. The molecule has 0 bridgehead atoms. The molecular formula is C14H12Cl2O2. The van der Waals surface area contributed by atoms with Gasteiger partial charge in [-0.15, -0.1) is 0 Å². The van der Waals surface area contributed by atoms with Crippen molar-refractivity contribution >= 4 is 23.2 Å². The number of hydrogen-bond donors (Lipinski definition) is 2. The smallest absolute Gasteiger partial charge is 0.111 e. The third kappa shape index (κ3) is 2.68. The molecule has 0 aliphatic carbocycles. The first-order valence-electron chi connectivity index (χ1n) is 5.46. The summed E-state index contributed by atoms with van der Waals surface area (Å²) in [5.41, 5.74) is 0.957. The molecule has 0 aliphatic rings. The molecule has 18 heavy (non-hydrogen) atoms. The van der Waals surface area contributed by atoms with E-state index in [1.165, 1.54) is 0 Å². The van der Waals surface area contributed by atoms with E-state index in [1.807, 2.05) is 0 Å². The molecule has 4 heteroatoms. The summed E-state index contributed by atoms with van der Waals surface area (Å²) >= 11 is 12.0. The van der Waals surface area contributed by atoms with Gasteiger partial charge in [-0.05, 0) is 12.1 Å². The molecule has 0 amide bonds. The molecule has 2 aromatic carbocycles. The Morgan fingerprint density at radius 2 is 1.00 bits per heavy atom. The maximum Gasteiger partial charge on any atom is 0.111 e. The number of halogens is 2. The highest BCUT2D eigenvalue weighted by atomic mass is 35.5. The highest BCUT2D eigenvalue weighted by Crippen LogP contribution is 2.35. The van der Waals surface area contributed by atoms with E-state index in [1.54, 1.807) is 48.5 Å². The van der Waals surface area contributed by atoms with Crippen LogP contribution in [0.15, 0.2) is 48.5 Å². The van der Waals surface area contributed by atoms with Crippen molar-refractivity contribution in [2.75, 3.05) is 0 Å². The minimum Gasteiger partial charge on any atom is -0.385 e. The van der Waals surface area contributed by atoms with E-state index in [2.05, 4.69) is 0 Å². The molecule has 0 unspecified atom stereocenters. The second-order valence-corrected chi connectivity index (χ2v) is 4.75. The van der Waals surface area contributed by atoms with Crippen LogP contribution in [-0.2, 0) is 0 Å². The molecule has 0 heterocycles. The number of benzene rings is 2. The summed E-state index contributed by atoms with van der Waals surface area (Å²) in [6, 6.07) is 13.7. The Kier molecular flexibility index (Phi) is 4.25. The lowest BCUT2D eigenvalue weighted by Gasteiger charge is -2.20. The van der Waals surface area contributed by atoms with Crippen molar-refractivity contribution in [3.8, 4) is 0 Å². The van der Waals surface area contributed by atoms with Crippen LogP contribution in [-0.4, -0.2) is 10.2 Å². The van der Waals surface area contributed by atoms with Gasteiger partial charge in [-0.1, -0.05) is 59.6 Å². The summed E-state index contributed by atoms with van der Waals surface area (Å²) in [5.74, 6) is 0. The lowest BCUT2D eigenvalue weighted by Crippen LogP contribution is -2.11. The average molecular weight is 283 g/mol. The van der Waals surface area contributed by atoms with E-state index >= 15 is 0 Å². The van der Waals surface area contributed by atoms with E-state index in [0.717, 1.165) is 0 Å². The van der Waals surface area contributed by atoms with Crippen molar-refractivity contribution in [2.45, 2.75) is 12.2 Å². The summed E-state index contributed by atoms with van der Waals surface area (Å²) in [6.07, 6.45) is -2.22. The zero-order valence-corrected chi connectivity index (χ0v) is 10.9. The lowest BCUT2D eigenvalue weighted by molar-refractivity contribution is 0.0173.